The minimum Gasteiger partial charge on any atom is -0.206 e. The summed E-state index contributed by atoms with van der Waals surface area (Å²) in [5.41, 5.74) is 4.09. The molecular weight excluding hydrogens is 403 g/mol. The molecule has 0 nitrogen and oxygen atoms in total. The van der Waals surface area contributed by atoms with Crippen LogP contribution >= 0.6 is 0 Å². The van der Waals surface area contributed by atoms with Crippen molar-refractivity contribution < 1.29 is 4.39 Å². The minimum absolute atomic E-state index is 0.0539. The van der Waals surface area contributed by atoms with E-state index in [-0.39, 0.29) is 5.82 Å². The Morgan fingerprint density at radius 1 is 0.879 bits per heavy atom. The molecule has 0 bridgehead atoms. The lowest BCUT2D eigenvalue weighted by Crippen LogP contribution is -2.15. The van der Waals surface area contributed by atoms with Crippen LogP contribution in [0.1, 0.15) is 74.1 Å². The number of hydrogen-bond acceptors (Lipinski definition) is 0. The molecule has 33 heavy (non-hydrogen) atoms. The molecule has 0 radical (unpaired) electrons. The van der Waals surface area contributed by atoms with Crippen molar-refractivity contribution in [2.45, 2.75) is 64.7 Å². The number of rotatable bonds is 7. The topological polar surface area (TPSA) is 0 Å². The summed E-state index contributed by atoms with van der Waals surface area (Å²) in [4.78, 5) is 0. The van der Waals surface area contributed by atoms with Crippen LogP contribution < -0.4 is 0 Å². The number of hydrogen-bond donors (Lipinski definition) is 0. The van der Waals surface area contributed by atoms with E-state index in [1.165, 1.54) is 37.7 Å². The fraction of sp³-hybridized carbons (Fsp3) is 0.375. The van der Waals surface area contributed by atoms with Gasteiger partial charge >= 0.3 is 0 Å². The molecule has 0 amide bonds. The molecule has 1 saturated carbocycles. The molecule has 0 aromatic heterocycles. The van der Waals surface area contributed by atoms with Crippen LogP contribution in [0.25, 0.3) is 10.8 Å². The Morgan fingerprint density at radius 3 is 2.24 bits per heavy atom. The molecule has 3 aromatic rings. The largest absolute Gasteiger partial charge is 0.206 e. The summed E-state index contributed by atoms with van der Waals surface area (Å²) in [6, 6.07) is 18.2. The fourth-order valence-electron chi connectivity index (χ4n) is 5.10. The Labute approximate surface area is 198 Å². The van der Waals surface area contributed by atoms with Gasteiger partial charge in [-0.05, 0) is 84.7 Å². The van der Waals surface area contributed by atoms with E-state index in [0.717, 1.165) is 59.6 Å². The molecule has 0 saturated heterocycles. The van der Waals surface area contributed by atoms with E-state index in [2.05, 4.69) is 55.7 Å². The third kappa shape index (κ3) is 6.14. The van der Waals surface area contributed by atoms with Crippen LogP contribution in [0, 0.1) is 29.5 Å². The maximum Gasteiger partial charge on any atom is 0.134 e. The van der Waals surface area contributed by atoms with Crippen molar-refractivity contribution in [2.75, 3.05) is 0 Å². The minimum atomic E-state index is -0.0539. The Morgan fingerprint density at radius 2 is 1.55 bits per heavy atom. The lowest BCUT2D eigenvalue weighted by Gasteiger charge is -2.28. The van der Waals surface area contributed by atoms with E-state index in [9.17, 15) is 0 Å². The first kappa shape index (κ1) is 23.3. The third-order valence-electron chi connectivity index (χ3n) is 7.31. The summed E-state index contributed by atoms with van der Waals surface area (Å²) in [5.74, 6) is 8.01. The molecule has 0 unspecified atom stereocenters. The Balaban J connectivity index is 1.39. The maximum absolute atomic E-state index is 15.2. The van der Waals surface area contributed by atoms with Gasteiger partial charge in [-0.15, -0.1) is 6.58 Å². The molecule has 1 heteroatoms. The van der Waals surface area contributed by atoms with Gasteiger partial charge in [0.05, 0.1) is 0 Å². The zero-order valence-corrected chi connectivity index (χ0v) is 19.9. The molecule has 0 heterocycles. The summed E-state index contributed by atoms with van der Waals surface area (Å²) < 4.78 is 15.2. The quantitative estimate of drug-likeness (QED) is 0.256. The van der Waals surface area contributed by atoms with Gasteiger partial charge in [0.15, 0.2) is 0 Å². The van der Waals surface area contributed by atoms with E-state index in [4.69, 9.17) is 0 Å². The predicted molar refractivity (Wildman–Crippen MR) is 139 cm³/mol. The van der Waals surface area contributed by atoms with Crippen LogP contribution in [0.5, 0.6) is 0 Å². The van der Waals surface area contributed by atoms with Crippen molar-refractivity contribution in [1.82, 2.24) is 0 Å². The van der Waals surface area contributed by atoms with Crippen LogP contribution in [0.15, 0.2) is 67.3 Å². The third-order valence-corrected chi connectivity index (χ3v) is 7.31. The zero-order valence-electron chi connectivity index (χ0n) is 19.9. The van der Waals surface area contributed by atoms with E-state index >= 15 is 4.39 Å². The van der Waals surface area contributed by atoms with E-state index in [1.807, 2.05) is 30.3 Å². The molecule has 0 N–H and O–H groups in total. The molecule has 170 valence electrons. The Bertz CT molecular complexity index is 1130. The first-order valence-electron chi connectivity index (χ1n) is 12.6. The zero-order chi connectivity index (χ0) is 23.0. The number of halogens is 1. The second-order valence-corrected chi connectivity index (χ2v) is 9.57. The number of aryl methyl sites for hydroxylation is 2. The molecule has 0 spiro atoms. The first-order valence-corrected chi connectivity index (χ1v) is 12.6. The van der Waals surface area contributed by atoms with Crippen molar-refractivity contribution in [1.29, 1.82) is 0 Å². The van der Waals surface area contributed by atoms with Crippen molar-refractivity contribution in [3.8, 4) is 11.8 Å². The molecule has 0 aliphatic heterocycles. The van der Waals surface area contributed by atoms with Gasteiger partial charge in [-0.3, -0.25) is 0 Å². The fourth-order valence-corrected chi connectivity index (χ4v) is 5.10. The highest BCUT2D eigenvalue weighted by atomic mass is 19.1. The molecule has 1 fully saturated rings. The average molecular weight is 439 g/mol. The van der Waals surface area contributed by atoms with Gasteiger partial charge < -0.3 is 0 Å². The second-order valence-electron chi connectivity index (χ2n) is 9.57. The lowest BCUT2D eigenvalue weighted by atomic mass is 9.78. The summed E-state index contributed by atoms with van der Waals surface area (Å²) in [7, 11) is 0. The standard InChI is InChI=1S/C32H35F/c1-3-5-6-25-11-13-27(14-12-25)17-19-29-20-21-30-23-28(18-22-31(30)32(29)33)16-15-26-9-7-24(4-2)8-10-26/h3,7-10,18,20-23,25,27H,1,4-6,11-14,17,19H2,2H3. The average Bonchev–Trinajstić information content (AvgIpc) is 2.86. The van der Waals surface area contributed by atoms with E-state index < -0.39 is 0 Å². The lowest BCUT2D eigenvalue weighted by molar-refractivity contribution is 0.254. The predicted octanol–water partition coefficient (Wildman–Crippen LogP) is 8.65. The number of fused-ring (bicyclic) bond motifs is 1. The number of allylic oxidation sites excluding steroid dienone is 1. The maximum atomic E-state index is 15.2. The van der Waals surface area contributed by atoms with Gasteiger partial charge in [-0.2, -0.15) is 0 Å². The summed E-state index contributed by atoms with van der Waals surface area (Å²) in [5, 5.41) is 1.63. The highest BCUT2D eigenvalue weighted by Crippen LogP contribution is 2.34. The monoisotopic (exact) mass is 438 g/mol. The highest BCUT2D eigenvalue weighted by molar-refractivity contribution is 5.85. The van der Waals surface area contributed by atoms with E-state index in [1.54, 1.807) is 0 Å². The molecule has 1 aliphatic rings. The molecule has 1 aliphatic carbocycles. The SMILES string of the molecule is C=CCCC1CCC(CCc2ccc3cc(C#Cc4ccc(CC)cc4)ccc3c2F)CC1. The summed E-state index contributed by atoms with van der Waals surface area (Å²) in [6.45, 7) is 5.99. The van der Waals surface area contributed by atoms with Crippen LogP contribution in [-0.4, -0.2) is 0 Å². The van der Waals surface area contributed by atoms with Gasteiger partial charge in [0.25, 0.3) is 0 Å². The Hall–Kier alpha value is -2.85. The second kappa shape index (κ2) is 11.3. The van der Waals surface area contributed by atoms with Gasteiger partial charge in [0, 0.05) is 16.5 Å². The van der Waals surface area contributed by atoms with Crippen molar-refractivity contribution >= 4 is 10.8 Å². The first-order chi connectivity index (χ1) is 16.2. The van der Waals surface area contributed by atoms with Gasteiger partial charge in [0.1, 0.15) is 5.82 Å². The smallest absolute Gasteiger partial charge is 0.134 e. The van der Waals surface area contributed by atoms with Crippen molar-refractivity contribution in [3.63, 3.8) is 0 Å². The molecule has 4 rings (SSSR count). The van der Waals surface area contributed by atoms with Gasteiger partial charge in [-0.25, -0.2) is 4.39 Å². The number of benzene rings is 3. The van der Waals surface area contributed by atoms with Crippen molar-refractivity contribution in [3.05, 3.63) is 95.3 Å². The molecular formula is C32H35F. The van der Waals surface area contributed by atoms with Crippen LogP contribution in [-0.2, 0) is 12.8 Å². The molecule has 3 aromatic carbocycles. The summed E-state index contributed by atoms with van der Waals surface area (Å²) in [6.07, 6.45) is 12.6. The summed E-state index contributed by atoms with van der Waals surface area (Å²) >= 11 is 0. The molecule has 0 atom stereocenters. The van der Waals surface area contributed by atoms with Crippen LogP contribution in [0.4, 0.5) is 4.39 Å². The van der Waals surface area contributed by atoms with Crippen LogP contribution in [0.2, 0.25) is 0 Å². The van der Waals surface area contributed by atoms with Crippen molar-refractivity contribution in [2.24, 2.45) is 11.8 Å². The van der Waals surface area contributed by atoms with E-state index in [0.29, 0.717) is 5.39 Å². The van der Waals surface area contributed by atoms with Gasteiger partial charge in [-0.1, -0.05) is 80.9 Å². The van der Waals surface area contributed by atoms with Gasteiger partial charge in [0.2, 0.25) is 0 Å². The Kier molecular flexibility index (Phi) is 8.01. The van der Waals surface area contributed by atoms with Crippen LogP contribution in [0.3, 0.4) is 0 Å². The normalized spacial score (nSPS) is 18.0. The highest BCUT2D eigenvalue weighted by Gasteiger charge is 2.21.